The SMILES string of the molecule is CCO[SiH](OCC)OCCCCCCCCCCCCCCCCCCCS. The van der Waals surface area contributed by atoms with Crippen molar-refractivity contribution in [2.24, 2.45) is 0 Å². The Labute approximate surface area is 184 Å². The Morgan fingerprint density at radius 1 is 0.464 bits per heavy atom. The van der Waals surface area contributed by atoms with Gasteiger partial charge in [0.05, 0.1) is 0 Å². The second-order valence-electron chi connectivity index (χ2n) is 7.80. The zero-order chi connectivity index (χ0) is 20.5. The zero-order valence-electron chi connectivity index (χ0n) is 19.1. The summed E-state index contributed by atoms with van der Waals surface area (Å²) in [5.74, 6) is 1.06. The van der Waals surface area contributed by atoms with Crippen molar-refractivity contribution in [2.45, 2.75) is 123 Å². The summed E-state index contributed by atoms with van der Waals surface area (Å²) in [6.45, 7) is 6.17. The minimum absolute atomic E-state index is 0.688. The van der Waals surface area contributed by atoms with Gasteiger partial charge >= 0.3 is 9.53 Å². The van der Waals surface area contributed by atoms with Crippen LogP contribution in [-0.2, 0) is 13.3 Å². The quantitative estimate of drug-likeness (QED) is 0.0977. The summed E-state index contributed by atoms with van der Waals surface area (Å²) in [7, 11) is -1.83. The van der Waals surface area contributed by atoms with Crippen molar-refractivity contribution in [1.29, 1.82) is 0 Å². The van der Waals surface area contributed by atoms with Crippen molar-refractivity contribution in [3.63, 3.8) is 0 Å². The molecule has 3 nitrogen and oxygen atoms in total. The van der Waals surface area contributed by atoms with Gasteiger partial charge in [0.2, 0.25) is 0 Å². The number of unbranched alkanes of at least 4 members (excludes halogenated alkanes) is 16. The third-order valence-electron chi connectivity index (χ3n) is 5.16. The lowest BCUT2D eigenvalue weighted by atomic mass is 10.0. The van der Waals surface area contributed by atoms with Crippen LogP contribution in [0.1, 0.15) is 123 Å². The van der Waals surface area contributed by atoms with E-state index in [-0.39, 0.29) is 0 Å². The van der Waals surface area contributed by atoms with Crippen molar-refractivity contribution >= 4 is 22.2 Å². The Bertz CT molecular complexity index is 277. The van der Waals surface area contributed by atoms with Gasteiger partial charge in [-0.05, 0) is 32.4 Å². The van der Waals surface area contributed by atoms with E-state index in [0.29, 0.717) is 13.2 Å². The van der Waals surface area contributed by atoms with Crippen LogP contribution < -0.4 is 0 Å². The van der Waals surface area contributed by atoms with Gasteiger partial charge in [-0.25, -0.2) is 0 Å². The maximum absolute atomic E-state index is 5.74. The summed E-state index contributed by atoms with van der Waals surface area (Å²) >= 11 is 4.26. The lowest BCUT2D eigenvalue weighted by molar-refractivity contribution is 0.100. The predicted octanol–water partition coefficient (Wildman–Crippen LogP) is 7.35. The molecule has 0 bridgehead atoms. The smallest absolute Gasteiger partial charge is 0.376 e. The Hall–Kier alpha value is 0.447. The molecule has 0 atom stereocenters. The first-order valence-electron chi connectivity index (χ1n) is 12.3. The number of hydrogen-bond acceptors (Lipinski definition) is 4. The van der Waals surface area contributed by atoms with Gasteiger partial charge in [-0.1, -0.05) is 96.3 Å². The second kappa shape index (κ2) is 25.5. The Balaban J connectivity index is 3.12. The molecular weight excluding hydrogens is 384 g/mol. The third kappa shape index (κ3) is 22.7. The molecule has 0 aromatic heterocycles. The van der Waals surface area contributed by atoms with Crippen LogP contribution in [-0.4, -0.2) is 35.1 Å². The van der Waals surface area contributed by atoms with E-state index in [2.05, 4.69) is 12.6 Å². The van der Waals surface area contributed by atoms with E-state index in [0.717, 1.165) is 18.8 Å². The molecule has 5 heteroatoms. The number of thiol groups is 1. The highest BCUT2D eigenvalue weighted by Gasteiger charge is 2.12. The lowest BCUT2D eigenvalue weighted by Crippen LogP contribution is -2.27. The molecule has 0 fully saturated rings. The summed E-state index contributed by atoms with van der Waals surface area (Å²) in [4.78, 5) is 0. The summed E-state index contributed by atoms with van der Waals surface area (Å²) in [5.41, 5.74) is 0. The van der Waals surface area contributed by atoms with E-state index in [9.17, 15) is 0 Å². The van der Waals surface area contributed by atoms with E-state index in [1.54, 1.807) is 0 Å². The van der Waals surface area contributed by atoms with Crippen LogP contribution >= 0.6 is 12.6 Å². The highest BCUT2D eigenvalue weighted by atomic mass is 32.1. The molecule has 0 aromatic carbocycles. The van der Waals surface area contributed by atoms with Gasteiger partial charge in [0.25, 0.3) is 0 Å². The molecule has 0 amide bonds. The molecule has 0 spiro atoms. The van der Waals surface area contributed by atoms with E-state index in [1.165, 1.54) is 103 Å². The van der Waals surface area contributed by atoms with Crippen LogP contribution in [0.15, 0.2) is 0 Å². The van der Waals surface area contributed by atoms with E-state index < -0.39 is 9.53 Å². The van der Waals surface area contributed by atoms with Crippen molar-refractivity contribution in [2.75, 3.05) is 25.6 Å². The van der Waals surface area contributed by atoms with Crippen LogP contribution in [0.2, 0.25) is 0 Å². The molecule has 170 valence electrons. The van der Waals surface area contributed by atoms with Gasteiger partial charge < -0.3 is 13.3 Å². The average Bonchev–Trinajstić information content (AvgIpc) is 2.70. The van der Waals surface area contributed by atoms with Gasteiger partial charge in [0, 0.05) is 19.8 Å². The minimum atomic E-state index is -1.83. The molecule has 0 unspecified atom stereocenters. The van der Waals surface area contributed by atoms with Crippen molar-refractivity contribution in [1.82, 2.24) is 0 Å². The molecule has 0 aliphatic carbocycles. The molecule has 28 heavy (non-hydrogen) atoms. The molecule has 0 aliphatic rings. The monoisotopic (exact) mass is 434 g/mol. The summed E-state index contributed by atoms with van der Waals surface area (Å²) in [6, 6.07) is 0. The topological polar surface area (TPSA) is 27.7 Å². The van der Waals surface area contributed by atoms with E-state index in [4.69, 9.17) is 13.3 Å². The van der Waals surface area contributed by atoms with E-state index in [1.807, 2.05) is 13.8 Å². The molecule has 0 aromatic rings. The standard InChI is InChI=1S/C23H50O3SSi/c1-3-24-28(25-4-2)26-22-20-18-16-14-12-10-8-6-5-7-9-11-13-15-17-19-21-23-27/h27-28H,3-23H2,1-2H3. The fourth-order valence-electron chi connectivity index (χ4n) is 3.46. The van der Waals surface area contributed by atoms with Crippen molar-refractivity contribution < 1.29 is 13.3 Å². The van der Waals surface area contributed by atoms with Crippen LogP contribution in [0.5, 0.6) is 0 Å². The number of hydrogen-bond donors (Lipinski definition) is 1. The maximum atomic E-state index is 5.74. The van der Waals surface area contributed by atoms with E-state index >= 15 is 0 Å². The minimum Gasteiger partial charge on any atom is -0.376 e. The first-order valence-corrected chi connectivity index (χ1v) is 14.4. The van der Waals surface area contributed by atoms with Crippen LogP contribution in [0.4, 0.5) is 0 Å². The molecule has 0 radical (unpaired) electrons. The second-order valence-corrected chi connectivity index (χ2v) is 9.83. The Morgan fingerprint density at radius 3 is 1.11 bits per heavy atom. The summed E-state index contributed by atoms with van der Waals surface area (Å²) < 4.78 is 16.8. The van der Waals surface area contributed by atoms with Gasteiger partial charge in [-0.2, -0.15) is 12.6 Å². The first kappa shape index (κ1) is 28.4. The maximum Gasteiger partial charge on any atom is 0.484 e. The normalized spacial score (nSPS) is 11.6. The summed E-state index contributed by atoms with van der Waals surface area (Å²) in [5, 5.41) is 0. The highest BCUT2D eigenvalue weighted by molar-refractivity contribution is 7.80. The third-order valence-corrected chi connectivity index (χ3v) is 7.20. The summed E-state index contributed by atoms with van der Waals surface area (Å²) in [6.07, 6.45) is 23.6. The number of rotatable bonds is 24. The molecule has 0 rings (SSSR count). The van der Waals surface area contributed by atoms with Gasteiger partial charge in [-0.3, -0.25) is 0 Å². The molecule has 0 saturated heterocycles. The highest BCUT2D eigenvalue weighted by Crippen LogP contribution is 2.14. The fraction of sp³-hybridized carbons (Fsp3) is 1.00. The Morgan fingerprint density at radius 2 is 0.786 bits per heavy atom. The largest absolute Gasteiger partial charge is 0.484 e. The van der Waals surface area contributed by atoms with Crippen molar-refractivity contribution in [3.05, 3.63) is 0 Å². The van der Waals surface area contributed by atoms with Crippen LogP contribution in [0, 0.1) is 0 Å². The predicted molar refractivity (Wildman–Crippen MR) is 129 cm³/mol. The molecule has 0 N–H and O–H groups in total. The van der Waals surface area contributed by atoms with Crippen LogP contribution in [0.3, 0.4) is 0 Å². The van der Waals surface area contributed by atoms with Gasteiger partial charge in [0.1, 0.15) is 0 Å². The van der Waals surface area contributed by atoms with Gasteiger partial charge in [0.15, 0.2) is 0 Å². The first-order chi connectivity index (χ1) is 13.8. The molecule has 0 saturated carbocycles. The molecular formula is C23H50O3SSi. The van der Waals surface area contributed by atoms with Crippen LogP contribution in [0.25, 0.3) is 0 Å². The average molecular weight is 435 g/mol. The zero-order valence-corrected chi connectivity index (χ0v) is 21.1. The van der Waals surface area contributed by atoms with Gasteiger partial charge in [-0.15, -0.1) is 0 Å². The molecule has 0 heterocycles. The Kier molecular flexibility index (Phi) is 25.9. The fourth-order valence-corrected chi connectivity index (χ4v) is 4.88. The van der Waals surface area contributed by atoms with Crippen molar-refractivity contribution in [3.8, 4) is 0 Å². The lowest BCUT2D eigenvalue weighted by Gasteiger charge is -2.14. The molecule has 0 aliphatic heterocycles.